The van der Waals surface area contributed by atoms with E-state index in [1.807, 2.05) is 24.3 Å². The zero-order valence-corrected chi connectivity index (χ0v) is 8.27. The Bertz CT molecular complexity index is 292. The summed E-state index contributed by atoms with van der Waals surface area (Å²) in [5.74, 6) is 0. The van der Waals surface area contributed by atoms with Crippen molar-refractivity contribution < 1.29 is 4.39 Å². The van der Waals surface area contributed by atoms with Crippen molar-refractivity contribution in [2.45, 2.75) is 18.3 Å². The summed E-state index contributed by atoms with van der Waals surface area (Å²) in [5.41, 5.74) is 1.02. The monoisotopic (exact) mass is 228 g/mol. The number of halogens is 2. The summed E-state index contributed by atoms with van der Waals surface area (Å²) in [6, 6.07) is 7.97. The highest BCUT2D eigenvalue weighted by Crippen LogP contribution is 2.48. The van der Waals surface area contributed by atoms with E-state index in [0.717, 1.165) is 22.9 Å². The third-order valence-corrected chi connectivity index (χ3v) is 3.04. The van der Waals surface area contributed by atoms with Crippen molar-refractivity contribution >= 4 is 15.9 Å². The zero-order valence-electron chi connectivity index (χ0n) is 6.69. The molecule has 0 unspecified atom stereocenters. The molecular weight excluding hydrogens is 219 g/mol. The van der Waals surface area contributed by atoms with Crippen LogP contribution in [0.25, 0.3) is 0 Å². The fourth-order valence-corrected chi connectivity index (χ4v) is 1.87. The van der Waals surface area contributed by atoms with Gasteiger partial charge in [0.15, 0.2) is 0 Å². The summed E-state index contributed by atoms with van der Waals surface area (Å²) in [4.78, 5) is 0. The van der Waals surface area contributed by atoms with E-state index in [0.29, 0.717) is 0 Å². The first kappa shape index (κ1) is 8.24. The van der Waals surface area contributed by atoms with Crippen LogP contribution in [0.2, 0.25) is 0 Å². The molecular formula is C10H10BrF. The molecule has 1 aliphatic rings. The van der Waals surface area contributed by atoms with Crippen molar-refractivity contribution in [3.63, 3.8) is 0 Å². The van der Waals surface area contributed by atoms with Crippen molar-refractivity contribution in [3.8, 4) is 0 Å². The minimum Gasteiger partial charge on any atom is -0.250 e. The van der Waals surface area contributed by atoms with Gasteiger partial charge in [0.25, 0.3) is 0 Å². The third kappa shape index (κ3) is 1.28. The van der Waals surface area contributed by atoms with E-state index in [9.17, 15) is 4.39 Å². The molecule has 0 nitrogen and oxygen atoms in total. The summed E-state index contributed by atoms with van der Waals surface area (Å²) < 4.78 is 13.7. The molecule has 0 spiro atoms. The molecule has 0 heterocycles. The Hall–Kier alpha value is -0.370. The number of alkyl halides is 1. The minimum atomic E-state index is -0.219. The number of benzene rings is 1. The standard InChI is InChI=1S/C10H10BrF/c11-9-3-1-2-8(6-9)10(7-12)4-5-10/h1-3,6H,4-5,7H2. The number of rotatable bonds is 2. The first-order valence-corrected chi connectivity index (χ1v) is 4.88. The van der Waals surface area contributed by atoms with Gasteiger partial charge in [-0.2, -0.15) is 0 Å². The lowest BCUT2D eigenvalue weighted by Crippen LogP contribution is -2.08. The molecule has 0 N–H and O–H groups in total. The van der Waals surface area contributed by atoms with Crippen LogP contribution in [0, 0.1) is 0 Å². The summed E-state index contributed by atoms with van der Waals surface area (Å²) in [6.07, 6.45) is 2.00. The fraction of sp³-hybridized carbons (Fsp3) is 0.400. The van der Waals surface area contributed by atoms with Gasteiger partial charge in [-0.3, -0.25) is 4.39 Å². The van der Waals surface area contributed by atoms with E-state index in [2.05, 4.69) is 15.9 Å². The van der Waals surface area contributed by atoms with Gasteiger partial charge in [-0.1, -0.05) is 28.1 Å². The zero-order chi connectivity index (χ0) is 8.60. The molecule has 12 heavy (non-hydrogen) atoms. The molecule has 1 fully saturated rings. The molecule has 0 aliphatic heterocycles. The Balaban J connectivity index is 2.34. The van der Waals surface area contributed by atoms with E-state index >= 15 is 0 Å². The predicted molar refractivity (Wildman–Crippen MR) is 51.0 cm³/mol. The Morgan fingerprint density at radius 2 is 2.17 bits per heavy atom. The van der Waals surface area contributed by atoms with Crippen molar-refractivity contribution in [1.82, 2.24) is 0 Å². The highest BCUT2D eigenvalue weighted by molar-refractivity contribution is 9.10. The summed E-state index contributed by atoms with van der Waals surface area (Å²) in [7, 11) is 0. The molecule has 2 rings (SSSR count). The van der Waals surface area contributed by atoms with Gasteiger partial charge < -0.3 is 0 Å². The summed E-state index contributed by atoms with van der Waals surface area (Å²) in [5, 5.41) is 0. The van der Waals surface area contributed by atoms with Crippen LogP contribution in [-0.4, -0.2) is 6.67 Å². The van der Waals surface area contributed by atoms with E-state index in [4.69, 9.17) is 0 Å². The molecule has 0 amide bonds. The molecule has 0 bridgehead atoms. The highest BCUT2D eigenvalue weighted by atomic mass is 79.9. The maximum absolute atomic E-state index is 12.6. The Kier molecular flexibility index (Phi) is 1.95. The Morgan fingerprint density at radius 1 is 1.42 bits per heavy atom. The molecule has 0 saturated heterocycles. The average Bonchev–Trinajstić information content (AvgIpc) is 2.84. The molecule has 1 aliphatic carbocycles. The van der Waals surface area contributed by atoms with Crippen molar-refractivity contribution in [2.24, 2.45) is 0 Å². The normalized spacial score (nSPS) is 19.2. The van der Waals surface area contributed by atoms with Crippen LogP contribution in [0.3, 0.4) is 0 Å². The quantitative estimate of drug-likeness (QED) is 0.728. The minimum absolute atomic E-state index is 0.121. The molecule has 0 atom stereocenters. The third-order valence-electron chi connectivity index (χ3n) is 2.55. The van der Waals surface area contributed by atoms with Gasteiger partial charge in [-0.05, 0) is 30.5 Å². The SMILES string of the molecule is FCC1(c2cccc(Br)c2)CC1. The highest BCUT2D eigenvalue weighted by Gasteiger charge is 2.44. The number of hydrogen-bond donors (Lipinski definition) is 0. The molecule has 2 heteroatoms. The van der Waals surface area contributed by atoms with Crippen molar-refractivity contribution in [2.75, 3.05) is 6.67 Å². The van der Waals surface area contributed by atoms with Crippen LogP contribution in [-0.2, 0) is 5.41 Å². The summed E-state index contributed by atoms with van der Waals surface area (Å²) >= 11 is 3.39. The van der Waals surface area contributed by atoms with Crippen LogP contribution in [0.5, 0.6) is 0 Å². The predicted octanol–water partition coefficient (Wildman–Crippen LogP) is 3.45. The molecule has 1 aromatic rings. The van der Waals surface area contributed by atoms with Gasteiger partial charge in [-0.25, -0.2) is 0 Å². The van der Waals surface area contributed by atoms with Gasteiger partial charge in [0, 0.05) is 9.89 Å². The van der Waals surface area contributed by atoms with Gasteiger partial charge in [0.1, 0.15) is 0 Å². The maximum atomic E-state index is 12.6. The summed E-state index contributed by atoms with van der Waals surface area (Å²) in [6.45, 7) is -0.219. The molecule has 0 aromatic heterocycles. The molecule has 0 radical (unpaired) electrons. The van der Waals surface area contributed by atoms with E-state index in [1.165, 1.54) is 0 Å². The van der Waals surface area contributed by atoms with Crippen LogP contribution in [0.15, 0.2) is 28.7 Å². The lowest BCUT2D eigenvalue weighted by molar-refractivity contribution is 0.417. The van der Waals surface area contributed by atoms with Gasteiger partial charge in [-0.15, -0.1) is 0 Å². The van der Waals surface area contributed by atoms with Gasteiger partial charge in [0.05, 0.1) is 6.67 Å². The van der Waals surface area contributed by atoms with Crippen molar-refractivity contribution in [1.29, 1.82) is 0 Å². The van der Waals surface area contributed by atoms with Crippen LogP contribution in [0.1, 0.15) is 18.4 Å². The van der Waals surface area contributed by atoms with Crippen LogP contribution in [0.4, 0.5) is 4.39 Å². The fourth-order valence-electron chi connectivity index (χ4n) is 1.47. The molecule has 1 saturated carbocycles. The van der Waals surface area contributed by atoms with Crippen LogP contribution >= 0.6 is 15.9 Å². The van der Waals surface area contributed by atoms with E-state index in [1.54, 1.807) is 0 Å². The lowest BCUT2D eigenvalue weighted by atomic mass is 9.98. The average molecular weight is 229 g/mol. The second kappa shape index (κ2) is 2.84. The van der Waals surface area contributed by atoms with Gasteiger partial charge in [0.2, 0.25) is 0 Å². The van der Waals surface area contributed by atoms with E-state index < -0.39 is 0 Å². The Morgan fingerprint density at radius 3 is 2.67 bits per heavy atom. The second-order valence-electron chi connectivity index (χ2n) is 3.42. The first-order chi connectivity index (χ1) is 5.77. The lowest BCUT2D eigenvalue weighted by Gasteiger charge is -2.10. The van der Waals surface area contributed by atoms with Crippen LogP contribution < -0.4 is 0 Å². The first-order valence-electron chi connectivity index (χ1n) is 4.09. The van der Waals surface area contributed by atoms with E-state index in [-0.39, 0.29) is 12.1 Å². The second-order valence-corrected chi connectivity index (χ2v) is 4.34. The number of hydrogen-bond acceptors (Lipinski definition) is 0. The van der Waals surface area contributed by atoms with Crippen molar-refractivity contribution in [3.05, 3.63) is 34.3 Å². The molecule has 1 aromatic carbocycles. The maximum Gasteiger partial charge on any atom is 0.0990 e. The topological polar surface area (TPSA) is 0 Å². The molecule has 64 valence electrons. The largest absolute Gasteiger partial charge is 0.250 e. The smallest absolute Gasteiger partial charge is 0.0990 e. The van der Waals surface area contributed by atoms with Gasteiger partial charge >= 0.3 is 0 Å². The Labute approximate surface area is 79.9 Å².